The number of carboxylic acid groups (broad SMARTS) is 2. The fourth-order valence-electron chi connectivity index (χ4n) is 4.44. The van der Waals surface area contributed by atoms with Crippen LogP contribution in [0.1, 0.15) is 63.4 Å². The first kappa shape index (κ1) is 33.7. The van der Waals surface area contributed by atoms with Crippen LogP contribution >= 0.6 is 0 Å². The van der Waals surface area contributed by atoms with E-state index in [1.165, 1.54) is 0 Å². The van der Waals surface area contributed by atoms with Crippen molar-refractivity contribution in [2.45, 2.75) is 82.3 Å². The number of nitrogens with two attached hydrogens (primary N) is 3. The number of aliphatic carboxylic acids is 2. The van der Waals surface area contributed by atoms with Crippen LogP contribution in [0.4, 0.5) is 0 Å². The molecule has 2 amide bonds. The van der Waals surface area contributed by atoms with E-state index in [1.807, 2.05) is 24.3 Å². The predicted octanol–water partition coefficient (Wildman–Crippen LogP) is 0.530. The van der Waals surface area contributed by atoms with Crippen LogP contribution in [0, 0.1) is 0 Å². The van der Waals surface area contributed by atoms with E-state index in [-0.39, 0.29) is 50.3 Å². The lowest BCUT2D eigenvalue weighted by molar-refractivity contribution is -0.142. The van der Waals surface area contributed by atoms with Crippen LogP contribution in [0.5, 0.6) is 0 Å². The van der Waals surface area contributed by atoms with Gasteiger partial charge in [-0.2, -0.15) is 0 Å². The third kappa shape index (κ3) is 12.0. The van der Waals surface area contributed by atoms with E-state index >= 15 is 0 Å². The van der Waals surface area contributed by atoms with E-state index in [0.29, 0.717) is 32.2 Å². The number of aliphatic imine (C=N–C) groups is 1. The molecule has 42 heavy (non-hydrogen) atoms. The second kappa shape index (κ2) is 17.4. The van der Waals surface area contributed by atoms with Gasteiger partial charge in [0.15, 0.2) is 11.7 Å². The Morgan fingerprint density at radius 3 is 2.31 bits per heavy atom. The van der Waals surface area contributed by atoms with Gasteiger partial charge in [0.1, 0.15) is 6.04 Å². The minimum absolute atomic E-state index is 0.0507. The van der Waals surface area contributed by atoms with E-state index in [4.69, 9.17) is 22.3 Å². The first-order valence-electron chi connectivity index (χ1n) is 13.9. The molecule has 0 saturated heterocycles. The summed E-state index contributed by atoms with van der Waals surface area (Å²) in [6.45, 7) is 0.321. The van der Waals surface area contributed by atoms with E-state index in [2.05, 4.69) is 20.6 Å². The summed E-state index contributed by atoms with van der Waals surface area (Å²) in [6.07, 6.45) is 3.47. The second-order valence-electron chi connectivity index (χ2n) is 10.1. The molecule has 3 atom stereocenters. The maximum absolute atomic E-state index is 13.3. The van der Waals surface area contributed by atoms with Gasteiger partial charge in [-0.25, -0.2) is 4.79 Å². The summed E-state index contributed by atoms with van der Waals surface area (Å²) < 4.78 is 0. The minimum Gasteiger partial charge on any atom is -0.481 e. The maximum Gasteiger partial charge on any atom is 0.326 e. The Morgan fingerprint density at radius 2 is 1.62 bits per heavy atom. The maximum atomic E-state index is 13.3. The molecule has 2 aromatic rings. The van der Waals surface area contributed by atoms with Gasteiger partial charge >= 0.3 is 11.9 Å². The normalized spacial score (nSPS) is 13.1. The van der Waals surface area contributed by atoms with Gasteiger partial charge in [-0.05, 0) is 43.7 Å². The number of nitrogens with zero attached hydrogens (tertiary/aromatic N) is 1. The summed E-state index contributed by atoms with van der Waals surface area (Å²) in [5.74, 6) is -3.56. The fraction of sp³-hybridized carbons (Fsp3) is 0.500. The molecule has 1 aromatic heterocycles. The number of amides is 2. The SMILES string of the molecule is NC(N)=NCCC[C@H](N)C(=O)N[C@H](Cc1c[nH]c2ccccc12)C(=O)CCCC[C@@H](NC(=O)CCCC(=O)O)C(=O)O. The Hall–Kier alpha value is -4.46. The zero-order chi connectivity index (χ0) is 31.1. The summed E-state index contributed by atoms with van der Waals surface area (Å²) in [4.78, 5) is 67.4. The van der Waals surface area contributed by atoms with Crippen molar-refractivity contribution >= 4 is 46.4 Å². The molecule has 2 rings (SSSR count). The summed E-state index contributed by atoms with van der Waals surface area (Å²) in [6, 6.07) is 4.71. The molecule has 0 spiro atoms. The molecular weight excluding hydrogens is 546 g/mol. The smallest absolute Gasteiger partial charge is 0.326 e. The molecule has 1 aromatic carbocycles. The number of benzene rings is 1. The number of ketones is 1. The van der Waals surface area contributed by atoms with Crippen LogP contribution in [-0.2, 0) is 30.4 Å². The molecule has 0 aliphatic carbocycles. The number of unbranched alkanes of at least 4 members (excludes halogenated alkanes) is 1. The third-order valence-corrected chi connectivity index (χ3v) is 6.70. The molecular formula is C28H41N7O7. The second-order valence-corrected chi connectivity index (χ2v) is 10.1. The number of carbonyl (C=O) groups excluding carboxylic acids is 3. The Kier molecular flexibility index (Phi) is 14.0. The quantitative estimate of drug-likeness (QED) is 0.0605. The zero-order valence-corrected chi connectivity index (χ0v) is 23.5. The first-order chi connectivity index (χ1) is 20.0. The molecule has 0 bridgehead atoms. The van der Waals surface area contributed by atoms with Crippen molar-refractivity contribution in [2.75, 3.05) is 6.54 Å². The molecule has 0 saturated carbocycles. The van der Waals surface area contributed by atoms with Crippen LogP contribution in [0.15, 0.2) is 35.5 Å². The van der Waals surface area contributed by atoms with Crippen LogP contribution in [-0.4, -0.2) is 75.4 Å². The van der Waals surface area contributed by atoms with E-state index < -0.39 is 41.9 Å². The first-order valence-corrected chi connectivity index (χ1v) is 13.9. The highest BCUT2D eigenvalue weighted by Gasteiger charge is 2.25. The third-order valence-electron chi connectivity index (χ3n) is 6.70. The number of H-pyrrole nitrogens is 1. The summed E-state index contributed by atoms with van der Waals surface area (Å²) in [5, 5.41) is 24.3. The van der Waals surface area contributed by atoms with Gasteiger partial charge in [0.25, 0.3) is 0 Å². The highest BCUT2D eigenvalue weighted by atomic mass is 16.4. The van der Waals surface area contributed by atoms with E-state index in [0.717, 1.165) is 16.5 Å². The molecule has 230 valence electrons. The van der Waals surface area contributed by atoms with Crippen molar-refractivity contribution < 1.29 is 34.2 Å². The van der Waals surface area contributed by atoms with Crippen LogP contribution < -0.4 is 27.8 Å². The number of fused-ring (bicyclic) bond motifs is 1. The van der Waals surface area contributed by atoms with Gasteiger partial charge in [0.05, 0.1) is 12.1 Å². The monoisotopic (exact) mass is 587 g/mol. The number of aromatic amines is 1. The number of rotatable bonds is 20. The minimum atomic E-state index is -1.22. The van der Waals surface area contributed by atoms with E-state index in [1.54, 1.807) is 6.20 Å². The number of hydrogen-bond donors (Lipinski definition) is 8. The summed E-state index contributed by atoms with van der Waals surface area (Å²) in [7, 11) is 0. The van der Waals surface area contributed by atoms with Crippen molar-refractivity contribution in [3.8, 4) is 0 Å². The molecule has 0 aliphatic rings. The van der Waals surface area contributed by atoms with Crippen molar-refractivity contribution in [2.24, 2.45) is 22.2 Å². The summed E-state index contributed by atoms with van der Waals surface area (Å²) >= 11 is 0. The zero-order valence-electron chi connectivity index (χ0n) is 23.5. The van der Waals surface area contributed by atoms with Gasteiger partial charge in [-0.3, -0.25) is 24.2 Å². The largest absolute Gasteiger partial charge is 0.481 e. The Bertz CT molecular complexity index is 1260. The number of aromatic nitrogens is 1. The standard InChI is InChI=1S/C28H41N7O7/c29-19(8-6-14-32-28(30)31)26(40)35-22(15-17-16-33-20-9-2-1-7-18(17)20)23(36)11-4-3-10-21(27(41)42)34-24(37)12-5-13-25(38)39/h1-2,7,9,16,19,21-22,33H,3-6,8,10-15,29H2,(H,34,37)(H,35,40)(H,38,39)(H,41,42)(H4,30,31,32)/t19-,21+,22+/m0/s1. The Balaban J connectivity index is 1.98. The number of nitrogens with one attached hydrogen (secondary N) is 3. The highest BCUT2D eigenvalue weighted by molar-refractivity contribution is 5.92. The van der Waals surface area contributed by atoms with Gasteiger partial charge in [0, 0.05) is 49.3 Å². The molecule has 0 radical (unpaired) electrons. The van der Waals surface area contributed by atoms with Crippen LogP contribution in [0.2, 0.25) is 0 Å². The molecule has 0 unspecified atom stereocenters. The lowest BCUT2D eigenvalue weighted by Crippen LogP contribution is -2.49. The Morgan fingerprint density at radius 1 is 0.881 bits per heavy atom. The number of Topliss-reactive ketones (excluding diaryl/α,β-unsaturated/α-hetero) is 1. The highest BCUT2D eigenvalue weighted by Crippen LogP contribution is 2.20. The molecule has 0 aliphatic heterocycles. The number of guanidine groups is 1. The average Bonchev–Trinajstić information content (AvgIpc) is 3.34. The van der Waals surface area contributed by atoms with Crippen molar-refractivity contribution in [1.29, 1.82) is 0 Å². The van der Waals surface area contributed by atoms with Crippen molar-refractivity contribution in [1.82, 2.24) is 15.6 Å². The van der Waals surface area contributed by atoms with Gasteiger partial charge in [-0.1, -0.05) is 24.6 Å². The lowest BCUT2D eigenvalue weighted by atomic mass is 9.97. The number of hydrogen-bond acceptors (Lipinski definition) is 7. The molecule has 0 fully saturated rings. The van der Waals surface area contributed by atoms with Crippen molar-refractivity contribution in [3.05, 3.63) is 36.0 Å². The number of carboxylic acids is 2. The van der Waals surface area contributed by atoms with Gasteiger partial charge in [0.2, 0.25) is 11.8 Å². The van der Waals surface area contributed by atoms with Crippen LogP contribution in [0.3, 0.4) is 0 Å². The van der Waals surface area contributed by atoms with Gasteiger partial charge < -0.3 is 43.0 Å². The fourth-order valence-corrected chi connectivity index (χ4v) is 4.44. The number of carbonyl (C=O) groups is 5. The lowest BCUT2D eigenvalue weighted by Gasteiger charge is -2.20. The topological polar surface area (TPSA) is 256 Å². The average molecular weight is 588 g/mol. The van der Waals surface area contributed by atoms with Gasteiger partial charge in [-0.15, -0.1) is 0 Å². The summed E-state index contributed by atoms with van der Waals surface area (Å²) in [5.41, 5.74) is 18.4. The molecule has 11 N–H and O–H groups in total. The van der Waals surface area contributed by atoms with E-state index in [9.17, 15) is 29.1 Å². The number of para-hydroxylation sites is 1. The predicted molar refractivity (Wildman–Crippen MR) is 156 cm³/mol. The van der Waals surface area contributed by atoms with Crippen LogP contribution in [0.25, 0.3) is 10.9 Å². The van der Waals surface area contributed by atoms with Crippen molar-refractivity contribution in [3.63, 3.8) is 0 Å². The molecule has 14 heteroatoms. The Labute approximate surface area is 243 Å². The molecule has 1 heterocycles. The molecule has 14 nitrogen and oxygen atoms in total.